The first-order valence-corrected chi connectivity index (χ1v) is 5.98. The normalized spacial score (nSPS) is 12.7. The van der Waals surface area contributed by atoms with E-state index in [-0.39, 0.29) is 11.9 Å². The zero-order valence-corrected chi connectivity index (χ0v) is 10.8. The molecule has 0 bridgehead atoms. The van der Waals surface area contributed by atoms with Crippen LogP contribution in [-0.2, 0) is 6.54 Å². The summed E-state index contributed by atoms with van der Waals surface area (Å²) in [6.45, 7) is 6.48. The van der Waals surface area contributed by atoms with E-state index in [1.807, 2.05) is 26.8 Å². The van der Waals surface area contributed by atoms with E-state index in [0.717, 1.165) is 22.6 Å². The van der Waals surface area contributed by atoms with Gasteiger partial charge in [0.05, 0.1) is 5.69 Å². The van der Waals surface area contributed by atoms with E-state index in [0.29, 0.717) is 6.54 Å². The van der Waals surface area contributed by atoms with Crippen LogP contribution in [0.1, 0.15) is 35.5 Å². The fourth-order valence-corrected chi connectivity index (χ4v) is 1.90. The molecule has 0 saturated heterocycles. The molecule has 0 aliphatic rings. The SMILES string of the molecule is Cc1noc(C)c1CNC(C)c1cccc(F)c1. The molecule has 96 valence electrons. The predicted octanol–water partition coefficient (Wildman–Crippen LogP) is 3.28. The highest BCUT2D eigenvalue weighted by Gasteiger charge is 2.11. The van der Waals surface area contributed by atoms with Gasteiger partial charge in [0, 0.05) is 18.2 Å². The van der Waals surface area contributed by atoms with Crippen LogP contribution < -0.4 is 5.32 Å². The summed E-state index contributed by atoms with van der Waals surface area (Å²) < 4.78 is 18.2. The molecule has 1 heterocycles. The molecular formula is C14H17FN2O. The maximum absolute atomic E-state index is 13.1. The van der Waals surface area contributed by atoms with E-state index in [1.54, 1.807) is 12.1 Å². The van der Waals surface area contributed by atoms with Crippen molar-refractivity contribution in [2.24, 2.45) is 0 Å². The van der Waals surface area contributed by atoms with Crippen LogP contribution in [0.4, 0.5) is 4.39 Å². The molecule has 0 saturated carbocycles. The second kappa shape index (κ2) is 5.31. The summed E-state index contributed by atoms with van der Waals surface area (Å²) in [6.07, 6.45) is 0. The first-order valence-electron chi connectivity index (χ1n) is 5.98. The summed E-state index contributed by atoms with van der Waals surface area (Å²) in [5.74, 6) is 0.616. The minimum atomic E-state index is -0.210. The summed E-state index contributed by atoms with van der Waals surface area (Å²) in [7, 11) is 0. The van der Waals surface area contributed by atoms with Gasteiger partial charge in [0.15, 0.2) is 0 Å². The lowest BCUT2D eigenvalue weighted by Gasteiger charge is -2.14. The molecule has 0 aliphatic heterocycles. The van der Waals surface area contributed by atoms with Crippen LogP contribution in [0.5, 0.6) is 0 Å². The first kappa shape index (κ1) is 12.8. The highest BCUT2D eigenvalue weighted by atomic mass is 19.1. The fourth-order valence-electron chi connectivity index (χ4n) is 1.90. The third kappa shape index (κ3) is 2.76. The number of rotatable bonds is 4. The number of hydrogen-bond acceptors (Lipinski definition) is 3. The van der Waals surface area contributed by atoms with Crippen LogP contribution in [0.2, 0.25) is 0 Å². The minimum Gasteiger partial charge on any atom is -0.361 e. The molecule has 1 aromatic heterocycles. The van der Waals surface area contributed by atoms with Crippen LogP contribution in [-0.4, -0.2) is 5.16 Å². The van der Waals surface area contributed by atoms with E-state index in [2.05, 4.69) is 10.5 Å². The maximum atomic E-state index is 13.1. The van der Waals surface area contributed by atoms with E-state index in [9.17, 15) is 4.39 Å². The second-order valence-electron chi connectivity index (χ2n) is 4.46. The van der Waals surface area contributed by atoms with E-state index < -0.39 is 0 Å². The molecule has 1 unspecified atom stereocenters. The van der Waals surface area contributed by atoms with Crippen molar-refractivity contribution in [1.29, 1.82) is 0 Å². The van der Waals surface area contributed by atoms with Crippen molar-refractivity contribution in [3.8, 4) is 0 Å². The van der Waals surface area contributed by atoms with Crippen molar-refractivity contribution < 1.29 is 8.91 Å². The number of aryl methyl sites for hydroxylation is 2. The number of benzene rings is 1. The average Bonchev–Trinajstić information content (AvgIpc) is 2.66. The Kier molecular flexibility index (Phi) is 3.77. The molecule has 1 N–H and O–H groups in total. The molecule has 0 amide bonds. The molecule has 0 spiro atoms. The molecule has 4 heteroatoms. The van der Waals surface area contributed by atoms with Gasteiger partial charge < -0.3 is 9.84 Å². The van der Waals surface area contributed by atoms with E-state index in [1.165, 1.54) is 6.07 Å². The van der Waals surface area contributed by atoms with Gasteiger partial charge in [0.2, 0.25) is 0 Å². The summed E-state index contributed by atoms with van der Waals surface area (Å²) in [5.41, 5.74) is 2.89. The topological polar surface area (TPSA) is 38.1 Å². The number of halogens is 1. The molecular weight excluding hydrogens is 231 g/mol. The Bertz CT molecular complexity index is 517. The molecule has 2 aromatic rings. The van der Waals surface area contributed by atoms with Gasteiger partial charge in [-0.25, -0.2) is 4.39 Å². The Morgan fingerprint density at radius 3 is 2.78 bits per heavy atom. The molecule has 1 atom stereocenters. The Hall–Kier alpha value is -1.68. The minimum absolute atomic E-state index is 0.0781. The first-order chi connectivity index (χ1) is 8.58. The third-order valence-corrected chi connectivity index (χ3v) is 3.11. The molecule has 0 fully saturated rings. The highest BCUT2D eigenvalue weighted by Crippen LogP contribution is 2.16. The summed E-state index contributed by atoms with van der Waals surface area (Å²) in [4.78, 5) is 0. The number of nitrogens with zero attached hydrogens (tertiary/aromatic N) is 1. The largest absolute Gasteiger partial charge is 0.361 e. The molecule has 18 heavy (non-hydrogen) atoms. The summed E-state index contributed by atoms with van der Waals surface area (Å²) in [6, 6.07) is 6.71. The second-order valence-corrected chi connectivity index (χ2v) is 4.46. The van der Waals surface area contributed by atoms with Crippen LogP contribution in [0.15, 0.2) is 28.8 Å². The van der Waals surface area contributed by atoms with Crippen molar-refractivity contribution >= 4 is 0 Å². The van der Waals surface area contributed by atoms with Crippen molar-refractivity contribution in [1.82, 2.24) is 10.5 Å². The lowest BCUT2D eigenvalue weighted by atomic mass is 10.1. The molecule has 0 aliphatic carbocycles. The fraction of sp³-hybridized carbons (Fsp3) is 0.357. The Labute approximate surface area is 106 Å². The molecule has 3 nitrogen and oxygen atoms in total. The van der Waals surface area contributed by atoms with Gasteiger partial charge in [0.25, 0.3) is 0 Å². The van der Waals surface area contributed by atoms with Gasteiger partial charge in [0.1, 0.15) is 11.6 Å². The highest BCUT2D eigenvalue weighted by molar-refractivity contribution is 5.22. The zero-order valence-electron chi connectivity index (χ0n) is 10.8. The van der Waals surface area contributed by atoms with Crippen molar-refractivity contribution in [3.63, 3.8) is 0 Å². The Balaban J connectivity index is 2.02. The van der Waals surface area contributed by atoms with Crippen molar-refractivity contribution in [2.45, 2.75) is 33.4 Å². The molecule has 2 rings (SSSR count). The molecule has 0 radical (unpaired) electrons. The number of hydrogen-bond donors (Lipinski definition) is 1. The van der Waals surface area contributed by atoms with E-state index in [4.69, 9.17) is 4.52 Å². The van der Waals surface area contributed by atoms with E-state index >= 15 is 0 Å². The molecule has 1 aromatic carbocycles. The standard InChI is InChI=1S/C14H17FN2O/c1-9(12-5-4-6-13(15)7-12)16-8-14-10(2)17-18-11(14)3/h4-7,9,16H,8H2,1-3H3. The van der Waals surface area contributed by atoms with Crippen LogP contribution in [0.25, 0.3) is 0 Å². The van der Waals surface area contributed by atoms with Gasteiger partial charge in [-0.15, -0.1) is 0 Å². The third-order valence-electron chi connectivity index (χ3n) is 3.11. The number of nitrogens with one attached hydrogen (secondary N) is 1. The summed E-state index contributed by atoms with van der Waals surface area (Å²) in [5, 5.41) is 7.25. The van der Waals surface area contributed by atoms with Crippen LogP contribution >= 0.6 is 0 Å². The van der Waals surface area contributed by atoms with Crippen LogP contribution in [0.3, 0.4) is 0 Å². The van der Waals surface area contributed by atoms with Crippen LogP contribution in [0, 0.1) is 19.7 Å². The number of aromatic nitrogens is 1. The summed E-state index contributed by atoms with van der Waals surface area (Å²) >= 11 is 0. The van der Waals surface area contributed by atoms with Gasteiger partial charge >= 0.3 is 0 Å². The maximum Gasteiger partial charge on any atom is 0.138 e. The van der Waals surface area contributed by atoms with Crippen molar-refractivity contribution in [3.05, 3.63) is 52.7 Å². The lowest BCUT2D eigenvalue weighted by Crippen LogP contribution is -2.18. The van der Waals surface area contributed by atoms with Gasteiger partial charge in [-0.05, 0) is 38.5 Å². The Morgan fingerprint density at radius 1 is 1.39 bits per heavy atom. The Morgan fingerprint density at radius 2 is 2.17 bits per heavy atom. The lowest BCUT2D eigenvalue weighted by molar-refractivity contribution is 0.391. The van der Waals surface area contributed by atoms with Crippen molar-refractivity contribution in [2.75, 3.05) is 0 Å². The van der Waals surface area contributed by atoms with Gasteiger partial charge in [-0.3, -0.25) is 0 Å². The zero-order chi connectivity index (χ0) is 13.1. The van der Waals surface area contributed by atoms with Gasteiger partial charge in [-0.2, -0.15) is 0 Å². The monoisotopic (exact) mass is 248 g/mol. The average molecular weight is 248 g/mol. The van der Waals surface area contributed by atoms with Gasteiger partial charge in [-0.1, -0.05) is 17.3 Å². The quantitative estimate of drug-likeness (QED) is 0.902. The predicted molar refractivity (Wildman–Crippen MR) is 67.6 cm³/mol. The smallest absolute Gasteiger partial charge is 0.138 e.